The van der Waals surface area contributed by atoms with Gasteiger partial charge in [0.1, 0.15) is 11.6 Å². The van der Waals surface area contributed by atoms with Gasteiger partial charge in [-0.3, -0.25) is 4.79 Å². The Hall–Kier alpha value is -3.38. The zero-order valence-electron chi connectivity index (χ0n) is 20.2. The fourth-order valence-corrected chi connectivity index (χ4v) is 6.17. The molecule has 6 rings (SSSR count). The summed E-state index contributed by atoms with van der Waals surface area (Å²) in [5, 5.41) is 20.4. The molecule has 0 saturated heterocycles. The smallest absolute Gasteiger partial charge is 0.256 e. The molecule has 2 atom stereocenters. The highest BCUT2D eigenvalue weighted by molar-refractivity contribution is 7.90. The Balaban J connectivity index is 1.24. The summed E-state index contributed by atoms with van der Waals surface area (Å²) in [6.07, 6.45) is 12.1. The number of aliphatic hydroxyl groups excluding tert-OH is 1. The number of carbonyl (C=O) groups is 1. The van der Waals surface area contributed by atoms with Crippen molar-refractivity contribution in [2.75, 3.05) is 10.6 Å². The number of nitrogens with zero attached hydrogens (tertiary/aromatic N) is 5. The van der Waals surface area contributed by atoms with Crippen molar-refractivity contribution in [2.45, 2.75) is 68.8 Å². The number of hydrogen-bond acceptors (Lipinski definition) is 10. The van der Waals surface area contributed by atoms with Crippen LogP contribution in [0.1, 0.15) is 61.7 Å². The first-order valence-electron chi connectivity index (χ1n) is 12.7. The number of hydrogen-bond donors (Lipinski definition) is 3. The third-order valence-electron chi connectivity index (χ3n) is 7.06. The molecule has 3 fully saturated rings. The molecule has 194 valence electrons. The van der Waals surface area contributed by atoms with Crippen molar-refractivity contribution in [3.63, 3.8) is 0 Å². The maximum Gasteiger partial charge on any atom is 0.256 e. The maximum absolute atomic E-state index is 12.9. The van der Waals surface area contributed by atoms with Crippen molar-refractivity contribution >= 4 is 33.1 Å². The minimum absolute atomic E-state index is 0.0622. The molecule has 37 heavy (non-hydrogen) atoms. The summed E-state index contributed by atoms with van der Waals surface area (Å²) in [5.41, 5.74) is 1.76. The minimum atomic E-state index is -3.47. The molecule has 12 heteroatoms. The summed E-state index contributed by atoms with van der Waals surface area (Å²) in [4.78, 5) is 26.2. The topological polar surface area (TPSA) is 152 Å². The molecular weight excluding hydrogens is 494 g/mol. The predicted molar refractivity (Wildman–Crippen MR) is 137 cm³/mol. The molecule has 0 aromatic carbocycles. The molecule has 3 heterocycles. The molecular formula is C25H29N7O4S. The quantitative estimate of drug-likeness (QED) is 0.357. The number of Topliss-reactive ketones (excluding diaryl/α,β-unsaturated/α-hetero) is 1. The van der Waals surface area contributed by atoms with Gasteiger partial charge < -0.3 is 15.7 Å². The van der Waals surface area contributed by atoms with Crippen LogP contribution in [0.15, 0.2) is 36.9 Å². The van der Waals surface area contributed by atoms with E-state index >= 15 is 0 Å². The number of anilines is 3. The van der Waals surface area contributed by atoms with Gasteiger partial charge in [-0.05, 0) is 57.4 Å². The second kappa shape index (κ2) is 9.49. The van der Waals surface area contributed by atoms with Gasteiger partial charge in [-0.25, -0.2) is 23.4 Å². The standard InChI is InChI=1S/C25H29N7O4S/c33-18-3-1-2-17(10-18)29-21-11-23(27-13-20(21)24(34)15-4-5-15)30-22-8-9-26-25(31-22)16-12-28-32(14-16)37(35,36)19-6-7-19/h8-9,11-15,17-19,33H,1-7,10H2,(H2,26,27,29,30,31)/t17-,18-/m0/s1. The third-order valence-corrected chi connectivity index (χ3v) is 9.10. The summed E-state index contributed by atoms with van der Waals surface area (Å²) < 4.78 is 25.9. The van der Waals surface area contributed by atoms with E-state index in [-0.39, 0.29) is 29.1 Å². The van der Waals surface area contributed by atoms with Gasteiger partial charge >= 0.3 is 0 Å². The minimum Gasteiger partial charge on any atom is -0.393 e. The Labute approximate surface area is 214 Å². The highest BCUT2D eigenvalue weighted by Crippen LogP contribution is 2.36. The van der Waals surface area contributed by atoms with Crippen molar-refractivity contribution < 1.29 is 18.3 Å². The zero-order chi connectivity index (χ0) is 25.6. The van der Waals surface area contributed by atoms with E-state index in [4.69, 9.17) is 0 Å². The van der Waals surface area contributed by atoms with Crippen LogP contribution in [0.25, 0.3) is 11.4 Å². The van der Waals surface area contributed by atoms with Gasteiger partial charge in [0.15, 0.2) is 11.6 Å². The van der Waals surface area contributed by atoms with E-state index in [9.17, 15) is 18.3 Å². The fraction of sp³-hybridized carbons (Fsp3) is 0.480. The number of nitrogens with one attached hydrogen (secondary N) is 2. The Morgan fingerprint density at radius 1 is 1.05 bits per heavy atom. The van der Waals surface area contributed by atoms with Crippen LogP contribution in [-0.2, 0) is 10.0 Å². The van der Waals surface area contributed by atoms with Crippen molar-refractivity contribution in [3.8, 4) is 11.4 Å². The third kappa shape index (κ3) is 5.21. The van der Waals surface area contributed by atoms with Crippen molar-refractivity contribution in [2.24, 2.45) is 5.92 Å². The van der Waals surface area contributed by atoms with Crippen molar-refractivity contribution in [1.29, 1.82) is 0 Å². The van der Waals surface area contributed by atoms with Gasteiger partial charge in [0, 0.05) is 30.4 Å². The lowest BCUT2D eigenvalue weighted by Crippen LogP contribution is -2.30. The molecule has 11 nitrogen and oxygen atoms in total. The summed E-state index contributed by atoms with van der Waals surface area (Å²) in [7, 11) is -3.47. The molecule has 3 aromatic heterocycles. The highest BCUT2D eigenvalue weighted by atomic mass is 32.2. The molecule has 3 saturated carbocycles. The number of rotatable bonds is 9. The number of carbonyl (C=O) groups excluding carboxylic acids is 1. The lowest BCUT2D eigenvalue weighted by atomic mass is 9.92. The van der Waals surface area contributed by atoms with E-state index in [0.717, 1.165) is 36.2 Å². The second-order valence-electron chi connectivity index (χ2n) is 10.2. The van der Waals surface area contributed by atoms with E-state index in [0.29, 0.717) is 53.5 Å². The molecule has 3 N–H and O–H groups in total. The SMILES string of the molecule is O=C(c1cnc(Nc2ccnc(-c3cnn(S(=O)(=O)C4CC4)c3)n2)cc1N[C@H]1CCC[C@H](O)C1)C1CC1. The maximum atomic E-state index is 12.9. The van der Waals surface area contributed by atoms with Crippen LogP contribution in [0.4, 0.5) is 17.3 Å². The molecule has 0 spiro atoms. The van der Waals surface area contributed by atoms with Gasteiger partial charge in [0.25, 0.3) is 10.0 Å². The Kier molecular flexibility index (Phi) is 6.15. The van der Waals surface area contributed by atoms with E-state index in [1.807, 2.05) is 0 Å². The van der Waals surface area contributed by atoms with Crippen LogP contribution in [0.3, 0.4) is 0 Å². The van der Waals surface area contributed by atoms with Crippen LogP contribution >= 0.6 is 0 Å². The molecule has 0 bridgehead atoms. The number of ketones is 1. The zero-order valence-corrected chi connectivity index (χ0v) is 21.1. The van der Waals surface area contributed by atoms with Gasteiger partial charge in [-0.15, -0.1) is 0 Å². The summed E-state index contributed by atoms with van der Waals surface area (Å²) >= 11 is 0. The van der Waals surface area contributed by atoms with E-state index in [1.54, 1.807) is 24.5 Å². The molecule has 3 aromatic rings. The van der Waals surface area contributed by atoms with Crippen LogP contribution in [0.2, 0.25) is 0 Å². The predicted octanol–water partition coefficient (Wildman–Crippen LogP) is 3.13. The molecule has 0 radical (unpaired) electrons. The fourth-order valence-electron chi connectivity index (χ4n) is 4.70. The van der Waals surface area contributed by atoms with E-state index in [2.05, 4.69) is 30.7 Å². The van der Waals surface area contributed by atoms with Gasteiger partial charge in [0.05, 0.1) is 40.6 Å². The first-order valence-corrected chi connectivity index (χ1v) is 14.3. The highest BCUT2D eigenvalue weighted by Gasteiger charge is 2.38. The normalized spacial score (nSPS) is 22.0. The number of aliphatic hydroxyl groups is 1. The lowest BCUT2D eigenvalue weighted by molar-refractivity contribution is 0.0968. The number of aromatic nitrogens is 5. The Morgan fingerprint density at radius 2 is 1.89 bits per heavy atom. The molecule has 0 aliphatic heterocycles. The summed E-state index contributed by atoms with van der Waals surface area (Å²) in [6.45, 7) is 0. The van der Waals surface area contributed by atoms with Crippen LogP contribution in [0, 0.1) is 5.92 Å². The monoisotopic (exact) mass is 523 g/mol. The first-order chi connectivity index (χ1) is 17.9. The van der Waals surface area contributed by atoms with Gasteiger partial charge in [-0.2, -0.15) is 9.19 Å². The average Bonchev–Trinajstić information content (AvgIpc) is 3.81. The average molecular weight is 524 g/mol. The van der Waals surface area contributed by atoms with Gasteiger partial charge in [-0.1, -0.05) is 0 Å². The van der Waals surface area contributed by atoms with Crippen LogP contribution < -0.4 is 10.6 Å². The molecule has 3 aliphatic rings. The van der Waals surface area contributed by atoms with Crippen LogP contribution in [-0.4, -0.2) is 60.8 Å². The van der Waals surface area contributed by atoms with E-state index in [1.165, 1.54) is 12.4 Å². The van der Waals surface area contributed by atoms with Crippen molar-refractivity contribution in [1.82, 2.24) is 24.1 Å². The first kappa shape index (κ1) is 24.0. The molecule has 0 amide bonds. The summed E-state index contributed by atoms with van der Waals surface area (Å²) in [5.74, 6) is 1.46. The largest absolute Gasteiger partial charge is 0.393 e. The Bertz CT molecular complexity index is 1430. The lowest BCUT2D eigenvalue weighted by Gasteiger charge is -2.28. The van der Waals surface area contributed by atoms with Gasteiger partial charge in [0.2, 0.25) is 0 Å². The van der Waals surface area contributed by atoms with Crippen LogP contribution in [0.5, 0.6) is 0 Å². The number of pyridine rings is 1. The Morgan fingerprint density at radius 3 is 2.65 bits per heavy atom. The summed E-state index contributed by atoms with van der Waals surface area (Å²) in [6, 6.07) is 3.57. The van der Waals surface area contributed by atoms with E-state index < -0.39 is 10.0 Å². The molecule has 0 unspecified atom stereocenters. The second-order valence-corrected chi connectivity index (χ2v) is 12.2. The van der Waals surface area contributed by atoms with Crippen molar-refractivity contribution in [3.05, 3.63) is 42.5 Å². The molecule has 3 aliphatic carbocycles.